The second kappa shape index (κ2) is 5.41. The molecule has 0 unspecified atom stereocenters. The van der Waals surface area contributed by atoms with Crippen LogP contribution in [-0.4, -0.2) is 21.5 Å². The number of unbranched alkanes of at least 4 members (excludes halogenated alkanes) is 2. The van der Waals surface area contributed by atoms with Crippen LogP contribution in [0.5, 0.6) is 0 Å². The Bertz CT molecular complexity index is 466. The summed E-state index contributed by atoms with van der Waals surface area (Å²) < 4.78 is 0.971. The van der Waals surface area contributed by atoms with E-state index >= 15 is 0 Å². The van der Waals surface area contributed by atoms with Gasteiger partial charge in [0.15, 0.2) is 5.65 Å². The number of hydrogen-bond donors (Lipinski definition) is 2. The first-order chi connectivity index (χ1) is 7.79. The van der Waals surface area contributed by atoms with Crippen LogP contribution in [0.2, 0.25) is 0 Å². The molecular formula is C11H15BrN4. The van der Waals surface area contributed by atoms with Crippen LogP contribution in [-0.2, 0) is 6.42 Å². The van der Waals surface area contributed by atoms with Gasteiger partial charge in [-0.3, -0.25) is 0 Å². The number of hydrogen-bond acceptors (Lipinski definition) is 3. The lowest BCUT2D eigenvalue weighted by Crippen LogP contribution is -1.98. The van der Waals surface area contributed by atoms with Gasteiger partial charge in [0.1, 0.15) is 5.82 Å². The summed E-state index contributed by atoms with van der Waals surface area (Å²) in [5.74, 6) is 1.01. The van der Waals surface area contributed by atoms with Gasteiger partial charge in [-0.05, 0) is 41.4 Å². The van der Waals surface area contributed by atoms with E-state index < -0.39 is 0 Å². The van der Waals surface area contributed by atoms with Crippen LogP contribution < -0.4 is 5.73 Å². The number of nitrogens with one attached hydrogen (secondary N) is 1. The SMILES string of the molecule is NCCCCCc1nc2ncc(Br)cc2[nH]1. The fraction of sp³-hybridized carbons (Fsp3) is 0.455. The number of halogens is 1. The molecule has 5 heteroatoms. The lowest BCUT2D eigenvalue weighted by atomic mass is 10.2. The molecule has 0 spiro atoms. The van der Waals surface area contributed by atoms with Crippen LogP contribution in [0.3, 0.4) is 0 Å². The number of nitrogens with two attached hydrogens (primary N) is 1. The van der Waals surface area contributed by atoms with Crippen LogP contribution in [0.4, 0.5) is 0 Å². The molecule has 0 aromatic carbocycles. The zero-order chi connectivity index (χ0) is 11.4. The molecule has 0 saturated carbocycles. The Balaban J connectivity index is 2.02. The maximum atomic E-state index is 5.45. The third-order valence-electron chi connectivity index (χ3n) is 2.47. The van der Waals surface area contributed by atoms with E-state index in [1.54, 1.807) is 6.20 Å². The maximum Gasteiger partial charge on any atom is 0.177 e. The van der Waals surface area contributed by atoms with E-state index in [1.807, 2.05) is 6.07 Å². The second-order valence-electron chi connectivity index (χ2n) is 3.81. The molecule has 3 N–H and O–H groups in total. The maximum absolute atomic E-state index is 5.45. The zero-order valence-corrected chi connectivity index (χ0v) is 10.6. The van der Waals surface area contributed by atoms with Gasteiger partial charge in [-0.1, -0.05) is 6.42 Å². The van der Waals surface area contributed by atoms with E-state index in [0.29, 0.717) is 0 Å². The van der Waals surface area contributed by atoms with E-state index in [4.69, 9.17) is 5.73 Å². The third-order valence-corrected chi connectivity index (χ3v) is 2.90. The van der Waals surface area contributed by atoms with Crippen molar-refractivity contribution in [2.24, 2.45) is 5.73 Å². The van der Waals surface area contributed by atoms with Gasteiger partial charge in [0.25, 0.3) is 0 Å². The minimum atomic E-state index is 0.772. The Labute approximate surface area is 103 Å². The zero-order valence-electron chi connectivity index (χ0n) is 9.04. The topological polar surface area (TPSA) is 67.6 Å². The highest BCUT2D eigenvalue weighted by Gasteiger charge is 2.03. The van der Waals surface area contributed by atoms with Crippen LogP contribution in [0, 0.1) is 0 Å². The van der Waals surface area contributed by atoms with Crippen molar-refractivity contribution in [3.8, 4) is 0 Å². The van der Waals surface area contributed by atoms with E-state index in [9.17, 15) is 0 Å². The molecule has 16 heavy (non-hydrogen) atoms. The summed E-state index contributed by atoms with van der Waals surface area (Å²) in [7, 11) is 0. The molecule has 0 aliphatic carbocycles. The second-order valence-corrected chi connectivity index (χ2v) is 4.72. The first kappa shape index (κ1) is 11.5. The first-order valence-electron chi connectivity index (χ1n) is 5.50. The lowest BCUT2D eigenvalue weighted by molar-refractivity contribution is 0.673. The van der Waals surface area contributed by atoms with Crippen molar-refractivity contribution in [2.75, 3.05) is 6.54 Å². The number of nitrogens with zero attached hydrogens (tertiary/aromatic N) is 2. The summed E-state index contributed by atoms with van der Waals surface area (Å²) in [6.07, 6.45) is 6.10. The van der Waals surface area contributed by atoms with E-state index in [2.05, 4.69) is 30.9 Å². The predicted molar refractivity (Wildman–Crippen MR) is 68.2 cm³/mol. The molecule has 0 aliphatic heterocycles. The molecular weight excluding hydrogens is 268 g/mol. The molecule has 2 heterocycles. The molecule has 2 aromatic rings. The van der Waals surface area contributed by atoms with Gasteiger partial charge in [-0.25, -0.2) is 9.97 Å². The molecule has 0 bridgehead atoms. The number of H-pyrrole nitrogens is 1. The Kier molecular flexibility index (Phi) is 3.90. The van der Waals surface area contributed by atoms with Gasteiger partial charge in [0.05, 0.1) is 5.52 Å². The van der Waals surface area contributed by atoms with Crippen molar-refractivity contribution in [3.63, 3.8) is 0 Å². The largest absolute Gasteiger partial charge is 0.341 e. The Morgan fingerprint density at radius 2 is 2.19 bits per heavy atom. The number of fused-ring (bicyclic) bond motifs is 1. The van der Waals surface area contributed by atoms with Gasteiger partial charge in [-0.2, -0.15) is 0 Å². The molecule has 0 saturated heterocycles. The van der Waals surface area contributed by atoms with Crippen molar-refractivity contribution in [2.45, 2.75) is 25.7 Å². The van der Waals surface area contributed by atoms with Crippen molar-refractivity contribution in [1.29, 1.82) is 0 Å². The van der Waals surface area contributed by atoms with Crippen molar-refractivity contribution < 1.29 is 0 Å². The van der Waals surface area contributed by atoms with Gasteiger partial charge in [-0.15, -0.1) is 0 Å². The lowest BCUT2D eigenvalue weighted by Gasteiger charge is -1.95. The predicted octanol–water partition coefficient (Wildman–Crippen LogP) is 2.39. The summed E-state index contributed by atoms with van der Waals surface area (Å²) in [5, 5.41) is 0. The fourth-order valence-electron chi connectivity index (χ4n) is 1.66. The smallest absolute Gasteiger partial charge is 0.177 e. The average Bonchev–Trinajstić information content (AvgIpc) is 2.66. The number of aromatic nitrogens is 3. The molecule has 0 aliphatic rings. The number of imidazole rings is 1. The third kappa shape index (κ3) is 2.80. The molecule has 0 fully saturated rings. The summed E-state index contributed by atoms with van der Waals surface area (Å²) in [6, 6.07) is 2.00. The van der Waals surface area contributed by atoms with Gasteiger partial charge in [0.2, 0.25) is 0 Å². The molecule has 86 valence electrons. The molecule has 0 radical (unpaired) electrons. The molecule has 4 nitrogen and oxygen atoms in total. The number of pyridine rings is 1. The normalized spacial score (nSPS) is 11.1. The highest BCUT2D eigenvalue weighted by atomic mass is 79.9. The fourth-order valence-corrected chi connectivity index (χ4v) is 1.99. The van der Waals surface area contributed by atoms with Gasteiger partial charge >= 0.3 is 0 Å². The Hall–Kier alpha value is -0.940. The van der Waals surface area contributed by atoms with Crippen LogP contribution in [0.25, 0.3) is 11.2 Å². The summed E-state index contributed by atoms with van der Waals surface area (Å²) in [6.45, 7) is 0.772. The highest BCUT2D eigenvalue weighted by molar-refractivity contribution is 9.10. The summed E-state index contributed by atoms with van der Waals surface area (Å²) >= 11 is 3.39. The molecule has 2 aromatic heterocycles. The molecule has 2 rings (SSSR count). The van der Waals surface area contributed by atoms with Crippen molar-refractivity contribution in [1.82, 2.24) is 15.0 Å². The van der Waals surface area contributed by atoms with E-state index in [1.165, 1.54) is 0 Å². The van der Waals surface area contributed by atoms with Crippen molar-refractivity contribution in [3.05, 3.63) is 22.6 Å². The van der Waals surface area contributed by atoms with Gasteiger partial charge < -0.3 is 10.7 Å². The highest BCUT2D eigenvalue weighted by Crippen LogP contribution is 2.15. The monoisotopic (exact) mass is 282 g/mol. The van der Waals surface area contributed by atoms with E-state index in [-0.39, 0.29) is 0 Å². The van der Waals surface area contributed by atoms with Crippen molar-refractivity contribution >= 4 is 27.1 Å². The average molecular weight is 283 g/mol. The first-order valence-corrected chi connectivity index (χ1v) is 6.29. The molecule has 0 atom stereocenters. The Morgan fingerprint density at radius 1 is 1.31 bits per heavy atom. The Morgan fingerprint density at radius 3 is 3.00 bits per heavy atom. The quantitative estimate of drug-likeness (QED) is 0.828. The van der Waals surface area contributed by atoms with Gasteiger partial charge in [0, 0.05) is 17.1 Å². The van der Waals surface area contributed by atoms with E-state index in [0.717, 1.165) is 53.7 Å². The summed E-state index contributed by atoms with van der Waals surface area (Å²) in [5.41, 5.74) is 7.23. The number of rotatable bonds is 5. The minimum Gasteiger partial charge on any atom is -0.341 e. The van der Waals surface area contributed by atoms with Crippen LogP contribution >= 0.6 is 15.9 Å². The number of aromatic amines is 1. The minimum absolute atomic E-state index is 0.772. The van der Waals surface area contributed by atoms with Crippen LogP contribution in [0.15, 0.2) is 16.7 Å². The number of aryl methyl sites for hydroxylation is 1. The van der Waals surface area contributed by atoms with Crippen LogP contribution in [0.1, 0.15) is 25.1 Å². The molecule has 0 amide bonds. The summed E-state index contributed by atoms with van der Waals surface area (Å²) in [4.78, 5) is 11.9. The standard InChI is InChI=1S/C11H15BrN4/c12-8-6-9-11(14-7-8)16-10(15-9)4-2-1-3-5-13/h6-7H,1-5,13H2,(H,14,15,16).